The molecule has 0 aliphatic carbocycles. The minimum atomic E-state index is -0.879. The third-order valence-electron chi connectivity index (χ3n) is 10.0. The predicted octanol–water partition coefficient (Wildman–Crippen LogP) is 9.52. The van der Waals surface area contributed by atoms with Crippen molar-refractivity contribution in [3.8, 4) is 17.2 Å². The Kier molecular flexibility index (Phi) is 9.80. The highest BCUT2D eigenvalue weighted by Gasteiger charge is 2.41. The van der Waals surface area contributed by atoms with E-state index in [1.165, 1.54) is 12.8 Å². The van der Waals surface area contributed by atoms with E-state index in [1.54, 1.807) is 18.2 Å². The molecule has 1 saturated heterocycles. The van der Waals surface area contributed by atoms with E-state index in [9.17, 15) is 10.1 Å². The monoisotopic (exact) mass is 677 g/mol. The minimum absolute atomic E-state index is 0.00802. The number of carbonyl (C=O) groups excluding carboxylic acids is 1. The number of hydrogen-bond donors (Lipinski definition) is 1. The number of piperidine rings is 1. The normalized spacial score (nSPS) is 14.0. The van der Waals surface area contributed by atoms with Crippen LogP contribution in [0.2, 0.25) is 5.02 Å². The molecule has 0 bridgehead atoms. The Morgan fingerprint density at radius 2 is 1.46 bits per heavy atom. The molecule has 0 atom stereocenters. The largest absolute Gasteiger partial charge is 0.308 e. The molecule has 0 spiro atoms. The van der Waals surface area contributed by atoms with Gasteiger partial charge in [0.1, 0.15) is 5.54 Å². The zero-order valence-electron chi connectivity index (χ0n) is 28.2. The number of unbranched alkanes of at least 4 members (excludes halogenated alkanes) is 1. The van der Waals surface area contributed by atoms with Crippen LogP contribution in [0.1, 0.15) is 54.9 Å². The lowest BCUT2D eigenvalue weighted by atomic mass is 9.77. The average Bonchev–Trinajstić information content (AvgIpc) is 3.53. The Hall–Kier alpha value is -5.22. The van der Waals surface area contributed by atoms with Gasteiger partial charge in [-0.05, 0) is 91.5 Å². The molecule has 0 saturated carbocycles. The number of nitriles is 1. The van der Waals surface area contributed by atoms with Crippen LogP contribution in [0.4, 0.5) is 5.82 Å². The first-order chi connectivity index (χ1) is 24.5. The molecule has 250 valence electrons. The van der Waals surface area contributed by atoms with Gasteiger partial charge in [-0.1, -0.05) is 122 Å². The van der Waals surface area contributed by atoms with E-state index in [4.69, 9.17) is 16.7 Å². The van der Waals surface area contributed by atoms with E-state index in [0.29, 0.717) is 16.4 Å². The van der Waals surface area contributed by atoms with E-state index >= 15 is 0 Å². The average molecular weight is 678 g/mol. The van der Waals surface area contributed by atoms with E-state index in [-0.39, 0.29) is 11.8 Å². The maximum atomic E-state index is 14.1. The van der Waals surface area contributed by atoms with Crippen LogP contribution in [0.5, 0.6) is 0 Å². The summed E-state index contributed by atoms with van der Waals surface area (Å²) in [6.45, 7) is 5.14. The van der Waals surface area contributed by atoms with E-state index < -0.39 is 5.54 Å². The van der Waals surface area contributed by atoms with E-state index in [1.807, 2.05) is 30.3 Å². The molecule has 2 heterocycles. The highest BCUT2D eigenvalue weighted by Crippen LogP contribution is 2.44. The second kappa shape index (κ2) is 14.7. The number of benzene rings is 5. The van der Waals surface area contributed by atoms with Gasteiger partial charge in [0.15, 0.2) is 5.82 Å². The SMILES string of the molecule is CCCCN1CCC(C(=O)Nc2nn(C(c3ccccc3)(c3ccccc3)c3ccccc3)c3ccc(-c4cc(C#N)ccc4Cl)cc23)CC1. The fraction of sp³-hybridized carbons (Fsp3) is 0.233. The summed E-state index contributed by atoms with van der Waals surface area (Å²) in [5, 5.41) is 19.7. The smallest absolute Gasteiger partial charge is 0.228 e. The molecule has 1 aromatic heterocycles. The number of nitrogens with one attached hydrogen (secondary N) is 1. The first kappa shape index (κ1) is 33.3. The van der Waals surface area contributed by atoms with Gasteiger partial charge in [0, 0.05) is 21.9 Å². The first-order valence-corrected chi connectivity index (χ1v) is 17.8. The van der Waals surface area contributed by atoms with Crippen molar-refractivity contribution < 1.29 is 4.79 Å². The van der Waals surface area contributed by atoms with Crippen LogP contribution in [0, 0.1) is 17.2 Å². The molecule has 1 amide bonds. The van der Waals surface area contributed by atoms with Gasteiger partial charge in [-0.15, -0.1) is 0 Å². The minimum Gasteiger partial charge on any atom is -0.308 e. The fourth-order valence-corrected chi connectivity index (χ4v) is 7.60. The molecular formula is C43H40ClN5O. The molecule has 5 aromatic carbocycles. The topological polar surface area (TPSA) is 74.0 Å². The van der Waals surface area contributed by atoms with Gasteiger partial charge in [0.25, 0.3) is 0 Å². The van der Waals surface area contributed by atoms with Crippen molar-refractivity contribution >= 4 is 34.2 Å². The maximum absolute atomic E-state index is 14.1. The molecule has 6 nitrogen and oxygen atoms in total. The summed E-state index contributed by atoms with van der Waals surface area (Å²) in [5.41, 5.74) is 5.18. The third-order valence-corrected chi connectivity index (χ3v) is 10.3. The highest BCUT2D eigenvalue weighted by molar-refractivity contribution is 6.33. The van der Waals surface area contributed by atoms with Crippen LogP contribution < -0.4 is 5.32 Å². The Morgan fingerprint density at radius 1 is 0.860 bits per heavy atom. The van der Waals surface area contributed by atoms with Crippen LogP contribution in [-0.4, -0.2) is 40.2 Å². The van der Waals surface area contributed by atoms with Crippen LogP contribution in [0.15, 0.2) is 127 Å². The molecular weight excluding hydrogens is 638 g/mol. The third kappa shape index (κ3) is 6.31. The Labute approximate surface area is 298 Å². The van der Waals surface area contributed by atoms with Crippen LogP contribution in [0.25, 0.3) is 22.0 Å². The van der Waals surface area contributed by atoms with Gasteiger partial charge in [0.05, 0.1) is 17.1 Å². The lowest BCUT2D eigenvalue weighted by molar-refractivity contribution is -0.121. The summed E-state index contributed by atoms with van der Waals surface area (Å²) in [5.74, 6) is 0.395. The number of carbonyl (C=O) groups is 1. The first-order valence-electron chi connectivity index (χ1n) is 17.5. The number of hydrogen-bond acceptors (Lipinski definition) is 4. The maximum Gasteiger partial charge on any atom is 0.228 e. The Balaban J connectivity index is 1.43. The summed E-state index contributed by atoms with van der Waals surface area (Å²) in [6.07, 6.45) is 3.98. The molecule has 6 aromatic rings. The van der Waals surface area contributed by atoms with Crippen LogP contribution in [-0.2, 0) is 10.3 Å². The lowest BCUT2D eigenvalue weighted by Crippen LogP contribution is -2.39. The molecule has 7 heteroatoms. The lowest BCUT2D eigenvalue weighted by Gasteiger charge is -2.37. The molecule has 1 aliphatic rings. The number of fused-ring (bicyclic) bond motifs is 1. The highest BCUT2D eigenvalue weighted by atomic mass is 35.5. The second-order valence-electron chi connectivity index (χ2n) is 13.1. The van der Waals surface area contributed by atoms with Crippen molar-refractivity contribution in [2.75, 3.05) is 25.0 Å². The summed E-state index contributed by atoms with van der Waals surface area (Å²) in [4.78, 5) is 16.5. The molecule has 1 N–H and O–H groups in total. The molecule has 1 aliphatic heterocycles. The molecule has 0 radical (unpaired) electrons. The van der Waals surface area contributed by atoms with Gasteiger partial charge in [-0.3, -0.25) is 4.79 Å². The van der Waals surface area contributed by atoms with Crippen molar-refractivity contribution in [1.29, 1.82) is 5.26 Å². The van der Waals surface area contributed by atoms with E-state index in [2.05, 4.69) is 107 Å². The zero-order chi connectivity index (χ0) is 34.5. The number of rotatable bonds is 10. The Morgan fingerprint density at radius 3 is 2.02 bits per heavy atom. The van der Waals surface area contributed by atoms with Gasteiger partial charge < -0.3 is 10.2 Å². The van der Waals surface area contributed by atoms with Gasteiger partial charge >= 0.3 is 0 Å². The van der Waals surface area contributed by atoms with Crippen molar-refractivity contribution in [3.63, 3.8) is 0 Å². The number of amides is 1. The standard InChI is InChI=1S/C43H40ClN5O/c1-2-3-25-48-26-23-32(24-27-48)42(50)46-41-38-29-33(37-28-31(30-45)19-21-39(37)44)20-22-40(38)49(47-41)43(34-13-7-4-8-14-34,35-15-9-5-10-16-35)36-17-11-6-12-18-36/h4-22,28-29,32H,2-3,23-27H2,1H3,(H,46,47,50). The number of anilines is 1. The summed E-state index contributed by atoms with van der Waals surface area (Å²) >= 11 is 6.72. The summed E-state index contributed by atoms with van der Waals surface area (Å²) in [7, 11) is 0. The second-order valence-corrected chi connectivity index (χ2v) is 13.5. The number of halogens is 1. The fourth-order valence-electron chi connectivity index (χ4n) is 7.37. The van der Waals surface area contributed by atoms with Gasteiger partial charge in [-0.25, -0.2) is 4.68 Å². The molecule has 1 fully saturated rings. The van der Waals surface area contributed by atoms with Gasteiger partial charge in [-0.2, -0.15) is 10.4 Å². The number of likely N-dealkylation sites (tertiary alicyclic amines) is 1. The van der Waals surface area contributed by atoms with Crippen LogP contribution >= 0.6 is 11.6 Å². The van der Waals surface area contributed by atoms with Crippen LogP contribution in [0.3, 0.4) is 0 Å². The summed E-state index contributed by atoms with van der Waals surface area (Å²) < 4.78 is 2.07. The molecule has 7 rings (SSSR count). The summed E-state index contributed by atoms with van der Waals surface area (Å²) in [6, 6.07) is 44.9. The molecule has 50 heavy (non-hydrogen) atoms. The predicted molar refractivity (Wildman–Crippen MR) is 202 cm³/mol. The quantitative estimate of drug-likeness (QED) is 0.147. The van der Waals surface area contributed by atoms with Gasteiger partial charge in [0.2, 0.25) is 5.91 Å². The number of nitrogens with zero attached hydrogens (tertiary/aromatic N) is 4. The van der Waals surface area contributed by atoms with Crippen molar-refractivity contribution in [3.05, 3.63) is 155 Å². The van der Waals surface area contributed by atoms with Crippen molar-refractivity contribution in [1.82, 2.24) is 14.7 Å². The zero-order valence-corrected chi connectivity index (χ0v) is 29.0. The van der Waals surface area contributed by atoms with E-state index in [0.717, 1.165) is 71.2 Å². The number of aromatic nitrogens is 2. The molecule has 0 unspecified atom stereocenters. The van der Waals surface area contributed by atoms with Crippen molar-refractivity contribution in [2.24, 2.45) is 5.92 Å². The Bertz CT molecular complexity index is 2030. The van der Waals surface area contributed by atoms with Crippen molar-refractivity contribution in [2.45, 2.75) is 38.1 Å².